The number of nitrogens with one attached hydrogen (secondary N) is 1. The molecule has 0 spiro atoms. The molecule has 2 amide bonds. The fourth-order valence-corrected chi connectivity index (χ4v) is 4.22. The fourth-order valence-electron chi connectivity index (χ4n) is 3.46. The number of rotatable bonds is 8. The zero-order chi connectivity index (χ0) is 22.7. The highest BCUT2D eigenvalue weighted by molar-refractivity contribution is 7.11. The number of anilines is 1. The molecule has 0 radical (unpaired) electrons. The molecular weight excluding hydrogens is 428 g/mol. The minimum atomic E-state index is -0.385. The van der Waals surface area contributed by atoms with E-state index in [2.05, 4.69) is 5.32 Å². The smallest absolute Gasteiger partial charge is 0.278 e. The van der Waals surface area contributed by atoms with E-state index in [-0.39, 0.29) is 24.1 Å². The van der Waals surface area contributed by atoms with Gasteiger partial charge in [0, 0.05) is 16.6 Å². The Morgan fingerprint density at radius 1 is 0.875 bits per heavy atom. The van der Waals surface area contributed by atoms with E-state index >= 15 is 0 Å². The minimum absolute atomic E-state index is 0.160. The lowest BCUT2D eigenvalue weighted by atomic mass is 10.1. The predicted octanol–water partition coefficient (Wildman–Crippen LogP) is 4.17. The Hall–Kier alpha value is -3.78. The molecule has 0 saturated carbocycles. The third-order valence-corrected chi connectivity index (χ3v) is 5.98. The van der Waals surface area contributed by atoms with Crippen LogP contribution in [-0.4, -0.2) is 38.0 Å². The summed E-state index contributed by atoms with van der Waals surface area (Å²) in [6.07, 6.45) is 0. The van der Waals surface area contributed by atoms with Crippen molar-refractivity contribution in [3.63, 3.8) is 0 Å². The summed E-state index contributed by atoms with van der Waals surface area (Å²) in [7, 11) is 4.68. The number of carbonyl (C=O) groups is 2. The lowest BCUT2D eigenvalue weighted by molar-refractivity contribution is -0.137. The third-order valence-electron chi connectivity index (χ3n) is 5.09. The molecule has 2 aromatic carbocycles. The Kier molecular flexibility index (Phi) is 6.13. The predicted molar refractivity (Wildman–Crippen MR) is 123 cm³/mol. The van der Waals surface area contributed by atoms with Gasteiger partial charge in [0.25, 0.3) is 11.8 Å². The summed E-state index contributed by atoms with van der Waals surface area (Å²) < 4.78 is 15.8. The lowest BCUT2D eigenvalue weighted by Crippen LogP contribution is -2.31. The number of carbonyl (C=O) groups excluding carboxylic acids is 2. The number of amides is 2. The molecule has 0 saturated heterocycles. The van der Waals surface area contributed by atoms with Gasteiger partial charge >= 0.3 is 0 Å². The highest BCUT2D eigenvalue weighted by atomic mass is 32.1. The Morgan fingerprint density at radius 2 is 1.62 bits per heavy atom. The molecule has 32 heavy (non-hydrogen) atoms. The molecule has 0 atom stereocenters. The van der Waals surface area contributed by atoms with Crippen molar-refractivity contribution in [2.45, 2.75) is 6.54 Å². The van der Waals surface area contributed by atoms with Gasteiger partial charge in [-0.05, 0) is 41.3 Å². The fraction of sp³-hybridized carbons (Fsp3) is 0.167. The molecule has 164 valence electrons. The molecule has 3 aromatic rings. The van der Waals surface area contributed by atoms with Gasteiger partial charge in [0.15, 0.2) is 11.5 Å². The van der Waals surface area contributed by atoms with Gasteiger partial charge in [-0.3, -0.25) is 14.5 Å². The van der Waals surface area contributed by atoms with Crippen LogP contribution in [0.3, 0.4) is 0 Å². The third kappa shape index (κ3) is 4.04. The second kappa shape index (κ2) is 9.15. The SMILES string of the molecule is COc1ccc(CN2C(=O)C(Nc3ccc(OC)c(OC)c3)=C(c3cccs3)C2=O)cc1. The monoisotopic (exact) mass is 450 g/mol. The molecule has 1 N–H and O–H groups in total. The van der Waals surface area contributed by atoms with E-state index in [4.69, 9.17) is 14.2 Å². The molecule has 2 heterocycles. The van der Waals surface area contributed by atoms with Crippen LogP contribution in [0.25, 0.3) is 5.57 Å². The van der Waals surface area contributed by atoms with Crippen LogP contribution in [0.15, 0.2) is 65.7 Å². The zero-order valence-corrected chi connectivity index (χ0v) is 18.7. The van der Waals surface area contributed by atoms with Gasteiger partial charge in [0.1, 0.15) is 11.4 Å². The molecular formula is C24H22N2O5S. The van der Waals surface area contributed by atoms with Crippen LogP contribution in [0, 0.1) is 0 Å². The van der Waals surface area contributed by atoms with Gasteiger partial charge in [-0.1, -0.05) is 18.2 Å². The lowest BCUT2D eigenvalue weighted by Gasteiger charge is -2.16. The quantitative estimate of drug-likeness (QED) is 0.519. The van der Waals surface area contributed by atoms with Crippen molar-refractivity contribution in [1.82, 2.24) is 4.90 Å². The first-order chi connectivity index (χ1) is 15.5. The summed E-state index contributed by atoms with van der Waals surface area (Å²) in [5.74, 6) is 1.07. The summed E-state index contributed by atoms with van der Waals surface area (Å²) >= 11 is 1.41. The summed E-state index contributed by atoms with van der Waals surface area (Å²) in [6.45, 7) is 0.160. The van der Waals surface area contributed by atoms with E-state index in [0.29, 0.717) is 28.5 Å². The molecule has 7 nitrogen and oxygen atoms in total. The normalized spacial score (nSPS) is 13.5. The molecule has 1 aliphatic heterocycles. The van der Waals surface area contributed by atoms with Crippen molar-refractivity contribution in [3.05, 3.63) is 76.1 Å². The molecule has 0 aliphatic carbocycles. The van der Waals surface area contributed by atoms with Crippen LogP contribution in [0.2, 0.25) is 0 Å². The highest BCUT2D eigenvalue weighted by Crippen LogP contribution is 2.36. The summed E-state index contributed by atoms with van der Waals surface area (Å²) in [5.41, 5.74) is 2.02. The molecule has 4 rings (SSSR count). The van der Waals surface area contributed by atoms with E-state index in [1.807, 2.05) is 29.6 Å². The standard InChI is InChI=1S/C24H22N2O5S/c1-29-17-9-6-15(7-10-17)14-26-23(27)21(20-5-4-12-32-20)22(24(26)28)25-16-8-11-18(30-2)19(13-16)31-3/h4-13,25H,14H2,1-3H3. The van der Waals surface area contributed by atoms with Crippen LogP contribution in [0.5, 0.6) is 17.2 Å². The van der Waals surface area contributed by atoms with Crippen molar-refractivity contribution < 1.29 is 23.8 Å². The number of thiophene rings is 1. The maximum atomic E-state index is 13.3. The molecule has 0 bridgehead atoms. The number of methoxy groups -OCH3 is 3. The van der Waals surface area contributed by atoms with E-state index < -0.39 is 0 Å². The second-order valence-electron chi connectivity index (χ2n) is 6.97. The van der Waals surface area contributed by atoms with Gasteiger partial charge in [0.05, 0.1) is 33.4 Å². The van der Waals surface area contributed by atoms with Crippen LogP contribution in [0.1, 0.15) is 10.4 Å². The van der Waals surface area contributed by atoms with E-state index in [1.54, 1.807) is 51.7 Å². The zero-order valence-electron chi connectivity index (χ0n) is 17.9. The summed E-state index contributed by atoms with van der Waals surface area (Å²) in [5, 5.41) is 5.01. The minimum Gasteiger partial charge on any atom is -0.497 e. The first-order valence-corrected chi connectivity index (χ1v) is 10.7. The van der Waals surface area contributed by atoms with Crippen LogP contribution in [0.4, 0.5) is 5.69 Å². The number of ether oxygens (including phenoxy) is 3. The topological polar surface area (TPSA) is 77.1 Å². The van der Waals surface area contributed by atoms with Gasteiger partial charge in [-0.2, -0.15) is 0 Å². The van der Waals surface area contributed by atoms with Crippen LogP contribution in [-0.2, 0) is 16.1 Å². The first kappa shape index (κ1) is 21.5. The number of nitrogens with zero attached hydrogens (tertiary/aromatic N) is 1. The van der Waals surface area contributed by atoms with Gasteiger partial charge in [-0.15, -0.1) is 11.3 Å². The summed E-state index contributed by atoms with van der Waals surface area (Å²) in [4.78, 5) is 28.6. The summed E-state index contributed by atoms with van der Waals surface area (Å²) in [6, 6.07) is 16.2. The maximum Gasteiger partial charge on any atom is 0.278 e. The van der Waals surface area contributed by atoms with Gasteiger partial charge in [0.2, 0.25) is 0 Å². The Labute approximate surface area is 189 Å². The molecule has 1 aliphatic rings. The average Bonchev–Trinajstić information content (AvgIpc) is 3.42. The first-order valence-electron chi connectivity index (χ1n) is 9.82. The van der Waals surface area contributed by atoms with E-state index in [9.17, 15) is 9.59 Å². The second-order valence-corrected chi connectivity index (χ2v) is 7.91. The van der Waals surface area contributed by atoms with E-state index in [1.165, 1.54) is 16.2 Å². The number of hydrogen-bond acceptors (Lipinski definition) is 7. The highest BCUT2D eigenvalue weighted by Gasteiger charge is 2.39. The molecule has 0 unspecified atom stereocenters. The number of imide groups is 1. The van der Waals surface area contributed by atoms with Crippen molar-refractivity contribution in [2.75, 3.05) is 26.6 Å². The Morgan fingerprint density at radius 3 is 2.25 bits per heavy atom. The van der Waals surface area contributed by atoms with Crippen LogP contribution < -0.4 is 19.5 Å². The van der Waals surface area contributed by atoms with Crippen molar-refractivity contribution in [1.29, 1.82) is 0 Å². The van der Waals surface area contributed by atoms with E-state index in [0.717, 1.165) is 10.4 Å². The number of benzene rings is 2. The molecule has 1 aromatic heterocycles. The van der Waals surface area contributed by atoms with Crippen molar-refractivity contribution in [2.24, 2.45) is 0 Å². The largest absolute Gasteiger partial charge is 0.497 e. The van der Waals surface area contributed by atoms with Crippen molar-refractivity contribution >= 4 is 34.4 Å². The molecule has 0 fully saturated rings. The Bertz CT molecular complexity index is 1170. The maximum absolute atomic E-state index is 13.3. The average molecular weight is 451 g/mol. The van der Waals surface area contributed by atoms with Crippen molar-refractivity contribution in [3.8, 4) is 17.2 Å². The Balaban J connectivity index is 1.67. The number of hydrogen-bond donors (Lipinski definition) is 1. The molecule has 8 heteroatoms. The van der Waals surface area contributed by atoms with Gasteiger partial charge in [-0.25, -0.2) is 0 Å². The van der Waals surface area contributed by atoms with Crippen LogP contribution >= 0.6 is 11.3 Å². The van der Waals surface area contributed by atoms with Gasteiger partial charge < -0.3 is 19.5 Å².